The first-order chi connectivity index (χ1) is 12.2. The minimum absolute atomic E-state index is 0.0930. The van der Waals surface area contributed by atoms with Gasteiger partial charge in [-0.2, -0.15) is 0 Å². The van der Waals surface area contributed by atoms with E-state index < -0.39 is 0 Å². The minimum atomic E-state index is -0.308. The molecule has 2 heterocycles. The number of hydrogen-bond acceptors (Lipinski definition) is 4. The molecule has 0 unspecified atom stereocenters. The van der Waals surface area contributed by atoms with Gasteiger partial charge in [0.1, 0.15) is 0 Å². The van der Waals surface area contributed by atoms with Crippen LogP contribution in [0.4, 0.5) is 0 Å². The predicted octanol–water partition coefficient (Wildman–Crippen LogP) is 1.96. The molecule has 0 bridgehead atoms. The standard InChI is InChI=1S/C20H28N2O3/c1-25-20(24)10-9-19(23)22-14-17-12-21(13-18(17)15-22)11-5-8-16-6-3-2-4-7-16/h2-4,6-7,17-18H,5,8-15H2,1H3/t17-,18-/m0/s1. The number of esters is 1. The van der Waals surface area contributed by atoms with Gasteiger partial charge in [-0.1, -0.05) is 30.3 Å². The van der Waals surface area contributed by atoms with Crippen LogP contribution in [0, 0.1) is 11.8 Å². The Morgan fingerprint density at radius 1 is 1.04 bits per heavy atom. The predicted molar refractivity (Wildman–Crippen MR) is 96.0 cm³/mol. The van der Waals surface area contributed by atoms with Gasteiger partial charge in [0, 0.05) is 32.6 Å². The highest BCUT2D eigenvalue weighted by atomic mass is 16.5. The summed E-state index contributed by atoms with van der Waals surface area (Å²) < 4.78 is 4.61. The zero-order valence-electron chi connectivity index (χ0n) is 15.0. The summed E-state index contributed by atoms with van der Waals surface area (Å²) in [6.45, 7) is 5.03. The van der Waals surface area contributed by atoms with Gasteiger partial charge in [0.15, 0.2) is 0 Å². The van der Waals surface area contributed by atoms with Crippen molar-refractivity contribution in [2.75, 3.05) is 39.8 Å². The number of rotatable bonds is 7. The quantitative estimate of drug-likeness (QED) is 0.710. The molecule has 0 aromatic heterocycles. The van der Waals surface area contributed by atoms with Crippen molar-refractivity contribution in [1.82, 2.24) is 9.80 Å². The van der Waals surface area contributed by atoms with Crippen LogP contribution >= 0.6 is 0 Å². The van der Waals surface area contributed by atoms with E-state index in [4.69, 9.17) is 0 Å². The number of fused-ring (bicyclic) bond motifs is 1. The molecule has 0 radical (unpaired) electrons. The van der Waals surface area contributed by atoms with Gasteiger partial charge in [0.05, 0.1) is 13.5 Å². The van der Waals surface area contributed by atoms with E-state index in [9.17, 15) is 9.59 Å². The molecule has 5 nitrogen and oxygen atoms in total. The van der Waals surface area contributed by atoms with E-state index in [0.29, 0.717) is 11.8 Å². The Kier molecular flexibility index (Phi) is 6.08. The van der Waals surface area contributed by atoms with Crippen LogP contribution in [0.1, 0.15) is 24.8 Å². The van der Waals surface area contributed by atoms with E-state index >= 15 is 0 Å². The third kappa shape index (κ3) is 4.82. The molecule has 1 aromatic carbocycles. The molecular formula is C20H28N2O3. The number of aryl methyl sites for hydroxylation is 1. The molecular weight excluding hydrogens is 316 g/mol. The Morgan fingerprint density at radius 3 is 2.36 bits per heavy atom. The maximum Gasteiger partial charge on any atom is 0.306 e. The van der Waals surface area contributed by atoms with Crippen LogP contribution in [-0.4, -0.2) is 61.5 Å². The Balaban J connectivity index is 1.36. The number of likely N-dealkylation sites (tertiary alicyclic amines) is 2. The van der Waals surface area contributed by atoms with E-state index in [0.717, 1.165) is 39.1 Å². The molecule has 0 spiro atoms. The lowest BCUT2D eigenvalue weighted by molar-refractivity contribution is -0.143. The van der Waals surface area contributed by atoms with Crippen molar-refractivity contribution in [3.8, 4) is 0 Å². The zero-order valence-corrected chi connectivity index (χ0v) is 15.0. The molecule has 1 aromatic rings. The Morgan fingerprint density at radius 2 is 1.72 bits per heavy atom. The fourth-order valence-electron chi connectivity index (χ4n) is 4.10. The number of carbonyl (C=O) groups is 2. The molecule has 0 aliphatic carbocycles. The SMILES string of the molecule is COC(=O)CCC(=O)N1C[C@@H]2CN(CCCc3ccccc3)C[C@H]2C1. The van der Waals surface area contributed by atoms with Gasteiger partial charge in [-0.15, -0.1) is 0 Å². The highest BCUT2D eigenvalue weighted by molar-refractivity contribution is 5.81. The summed E-state index contributed by atoms with van der Waals surface area (Å²) in [6.07, 6.45) is 2.77. The van der Waals surface area contributed by atoms with Gasteiger partial charge in [0.25, 0.3) is 0 Å². The monoisotopic (exact) mass is 344 g/mol. The number of amides is 1. The van der Waals surface area contributed by atoms with E-state index in [2.05, 4.69) is 40.0 Å². The summed E-state index contributed by atoms with van der Waals surface area (Å²) in [7, 11) is 1.36. The first kappa shape index (κ1) is 17.9. The summed E-state index contributed by atoms with van der Waals surface area (Å²) in [5.74, 6) is 0.977. The van der Waals surface area contributed by atoms with E-state index in [-0.39, 0.29) is 24.7 Å². The second-order valence-corrected chi connectivity index (χ2v) is 7.24. The number of benzene rings is 1. The van der Waals surface area contributed by atoms with Crippen LogP contribution < -0.4 is 0 Å². The third-order valence-corrected chi connectivity index (χ3v) is 5.47. The number of methoxy groups -OCH3 is 1. The first-order valence-corrected chi connectivity index (χ1v) is 9.26. The Labute approximate surface area is 149 Å². The van der Waals surface area contributed by atoms with Crippen molar-refractivity contribution in [2.45, 2.75) is 25.7 Å². The lowest BCUT2D eigenvalue weighted by atomic mass is 10.0. The lowest BCUT2D eigenvalue weighted by Gasteiger charge is -2.21. The van der Waals surface area contributed by atoms with Crippen molar-refractivity contribution in [3.63, 3.8) is 0 Å². The fraction of sp³-hybridized carbons (Fsp3) is 0.600. The summed E-state index contributed by atoms with van der Waals surface area (Å²) in [6, 6.07) is 10.6. The molecule has 136 valence electrons. The summed E-state index contributed by atoms with van der Waals surface area (Å²) in [5, 5.41) is 0. The molecule has 5 heteroatoms. The van der Waals surface area contributed by atoms with Crippen LogP contribution in [0.5, 0.6) is 0 Å². The average molecular weight is 344 g/mol. The van der Waals surface area contributed by atoms with E-state index in [1.54, 1.807) is 0 Å². The van der Waals surface area contributed by atoms with E-state index in [1.807, 2.05) is 4.90 Å². The van der Waals surface area contributed by atoms with Gasteiger partial charge in [-0.05, 0) is 36.8 Å². The smallest absolute Gasteiger partial charge is 0.306 e. The highest BCUT2D eigenvalue weighted by Gasteiger charge is 2.41. The van der Waals surface area contributed by atoms with Crippen LogP contribution in [0.2, 0.25) is 0 Å². The van der Waals surface area contributed by atoms with Gasteiger partial charge >= 0.3 is 5.97 Å². The van der Waals surface area contributed by atoms with Crippen molar-refractivity contribution in [2.24, 2.45) is 11.8 Å². The largest absolute Gasteiger partial charge is 0.469 e. The minimum Gasteiger partial charge on any atom is -0.469 e. The van der Waals surface area contributed by atoms with Gasteiger partial charge in [0.2, 0.25) is 5.91 Å². The highest BCUT2D eigenvalue weighted by Crippen LogP contribution is 2.31. The maximum atomic E-state index is 12.2. The molecule has 0 saturated carbocycles. The Bertz CT molecular complexity index is 576. The molecule has 2 fully saturated rings. The maximum absolute atomic E-state index is 12.2. The van der Waals surface area contributed by atoms with Gasteiger partial charge < -0.3 is 14.5 Å². The summed E-state index contributed by atoms with van der Waals surface area (Å²) in [4.78, 5) is 27.9. The van der Waals surface area contributed by atoms with Crippen LogP contribution in [-0.2, 0) is 20.7 Å². The lowest BCUT2D eigenvalue weighted by Crippen LogP contribution is -2.33. The molecule has 0 N–H and O–H groups in total. The van der Waals surface area contributed by atoms with Crippen molar-refractivity contribution in [3.05, 3.63) is 35.9 Å². The molecule has 2 saturated heterocycles. The average Bonchev–Trinajstić information content (AvgIpc) is 3.19. The van der Waals surface area contributed by atoms with Crippen molar-refractivity contribution in [1.29, 1.82) is 0 Å². The normalized spacial score (nSPS) is 22.8. The van der Waals surface area contributed by atoms with Gasteiger partial charge in [-0.25, -0.2) is 0 Å². The van der Waals surface area contributed by atoms with Crippen LogP contribution in [0.15, 0.2) is 30.3 Å². The molecule has 25 heavy (non-hydrogen) atoms. The van der Waals surface area contributed by atoms with Gasteiger partial charge in [-0.3, -0.25) is 9.59 Å². The Hall–Kier alpha value is -1.88. The molecule has 1 amide bonds. The first-order valence-electron chi connectivity index (χ1n) is 9.26. The molecule has 3 rings (SSSR count). The number of hydrogen-bond donors (Lipinski definition) is 0. The van der Waals surface area contributed by atoms with E-state index in [1.165, 1.54) is 19.1 Å². The summed E-state index contributed by atoms with van der Waals surface area (Å²) in [5.41, 5.74) is 1.41. The molecule has 2 aliphatic heterocycles. The second-order valence-electron chi connectivity index (χ2n) is 7.24. The van der Waals surface area contributed by atoms with Crippen LogP contribution in [0.25, 0.3) is 0 Å². The van der Waals surface area contributed by atoms with Crippen molar-refractivity contribution >= 4 is 11.9 Å². The number of nitrogens with zero attached hydrogens (tertiary/aromatic N) is 2. The third-order valence-electron chi connectivity index (χ3n) is 5.47. The zero-order chi connectivity index (χ0) is 17.6. The number of carbonyl (C=O) groups excluding carboxylic acids is 2. The summed E-state index contributed by atoms with van der Waals surface area (Å²) >= 11 is 0. The van der Waals surface area contributed by atoms with Crippen LogP contribution in [0.3, 0.4) is 0 Å². The van der Waals surface area contributed by atoms with Crippen molar-refractivity contribution < 1.29 is 14.3 Å². The topological polar surface area (TPSA) is 49.9 Å². The molecule has 2 aliphatic rings. The fourth-order valence-corrected chi connectivity index (χ4v) is 4.10. The second kappa shape index (κ2) is 8.48. The number of ether oxygens (including phenoxy) is 1. The molecule has 2 atom stereocenters.